The molecule has 1 fully saturated rings. The molecule has 1 aliphatic heterocycles. The van der Waals surface area contributed by atoms with E-state index < -0.39 is 0 Å². The molecule has 1 saturated heterocycles. The summed E-state index contributed by atoms with van der Waals surface area (Å²) in [6.45, 7) is 4.31. The molecule has 0 bridgehead atoms. The number of H-pyrrole nitrogens is 1. The molecule has 2 aromatic rings. The van der Waals surface area contributed by atoms with E-state index in [0.29, 0.717) is 24.3 Å². The average Bonchev–Trinajstić information content (AvgIpc) is 3.21. The number of nitrogens with zero attached hydrogens (tertiary/aromatic N) is 4. The lowest BCUT2D eigenvalue weighted by atomic mass is 10.1. The number of aryl methyl sites for hydroxylation is 1. The highest BCUT2D eigenvalue weighted by molar-refractivity contribution is 5.95. The molecule has 1 aliphatic rings. The minimum absolute atomic E-state index is 0.0437. The highest BCUT2D eigenvalue weighted by atomic mass is 16.2. The van der Waals surface area contributed by atoms with E-state index in [2.05, 4.69) is 25.5 Å². The smallest absolute Gasteiger partial charge is 0.257 e. The van der Waals surface area contributed by atoms with Crippen molar-refractivity contribution in [3.05, 3.63) is 41.2 Å². The first kappa shape index (κ1) is 16.1. The Morgan fingerprint density at radius 2 is 2.21 bits per heavy atom. The highest BCUT2D eigenvalue weighted by Crippen LogP contribution is 2.32. The molecule has 2 aromatic heterocycles. The second-order valence-corrected chi connectivity index (χ2v) is 5.91. The quantitative estimate of drug-likeness (QED) is 0.875. The predicted molar refractivity (Wildman–Crippen MR) is 85.9 cm³/mol. The zero-order valence-electron chi connectivity index (χ0n) is 13.7. The molecule has 126 valence electrons. The third-order valence-electron chi connectivity index (χ3n) is 4.14. The first-order chi connectivity index (χ1) is 11.6. The number of aromatic amines is 1. The minimum Gasteiger partial charge on any atom is -0.351 e. The van der Waals surface area contributed by atoms with Gasteiger partial charge in [0.25, 0.3) is 5.91 Å². The Labute approximate surface area is 139 Å². The fourth-order valence-corrected chi connectivity index (χ4v) is 2.92. The van der Waals surface area contributed by atoms with Crippen LogP contribution in [-0.4, -0.2) is 43.4 Å². The van der Waals surface area contributed by atoms with Crippen molar-refractivity contribution in [3.8, 4) is 0 Å². The van der Waals surface area contributed by atoms with Gasteiger partial charge in [-0.1, -0.05) is 0 Å². The Bertz CT molecular complexity index is 757. The fraction of sp³-hybridized carbons (Fsp3) is 0.438. The maximum absolute atomic E-state index is 12.8. The molecule has 2 N–H and O–H groups in total. The van der Waals surface area contributed by atoms with E-state index in [9.17, 15) is 9.59 Å². The van der Waals surface area contributed by atoms with Crippen LogP contribution in [-0.2, 0) is 11.3 Å². The predicted octanol–water partition coefficient (Wildman–Crippen LogP) is 1.12. The monoisotopic (exact) mass is 328 g/mol. The van der Waals surface area contributed by atoms with Gasteiger partial charge in [0.15, 0.2) is 0 Å². The molecule has 8 nitrogen and oxygen atoms in total. The highest BCUT2D eigenvalue weighted by Gasteiger charge is 2.32. The van der Waals surface area contributed by atoms with Gasteiger partial charge in [-0.05, 0) is 19.8 Å². The number of hydrogen-bond donors (Lipinski definition) is 2. The Morgan fingerprint density at radius 3 is 2.92 bits per heavy atom. The summed E-state index contributed by atoms with van der Waals surface area (Å²) in [5.41, 5.74) is 2.78. The van der Waals surface area contributed by atoms with Gasteiger partial charge in [0.05, 0.1) is 48.1 Å². The van der Waals surface area contributed by atoms with Crippen LogP contribution in [0.2, 0.25) is 0 Å². The largest absolute Gasteiger partial charge is 0.351 e. The van der Waals surface area contributed by atoms with Crippen LogP contribution >= 0.6 is 0 Å². The number of aromatic nitrogens is 4. The Hall–Kier alpha value is -2.77. The molecule has 0 radical (unpaired) electrons. The standard InChI is InChI=1S/C16H20N6O2/c1-10-13(8-19-21-10)16(24)22-5-3-4-15(22)14-9-17-6-12(20-14)7-18-11(2)23/h6,8-9,15H,3-5,7H2,1-2H3,(H,18,23)(H,19,21)/t15-/m0/s1. The lowest BCUT2D eigenvalue weighted by Gasteiger charge is -2.24. The number of carbonyl (C=O) groups excluding carboxylic acids is 2. The number of amides is 2. The Balaban J connectivity index is 1.80. The van der Waals surface area contributed by atoms with Crippen LogP contribution in [0.1, 0.15) is 53.2 Å². The first-order valence-electron chi connectivity index (χ1n) is 7.92. The van der Waals surface area contributed by atoms with Gasteiger partial charge in [-0.2, -0.15) is 5.10 Å². The normalized spacial score (nSPS) is 17.1. The Morgan fingerprint density at radius 1 is 1.38 bits per heavy atom. The molecule has 2 amide bonds. The van der Waals surface area contributed by atoms with Crippen molar-refractivity contribution in [3.63, 3.8) is 0 Å². The van der Waals surface area contributed by atoms with E-state index in [1.54, 1.807) is 18.6 Å². The molecule has 8 heteroatoms. The summed E-state index contributed by atoms with van der Waals surface area (Å²) < 4.78 is 0. The van der Waals surface area contributed by atoms with Gasteiger partial charge in [-0.3, -0.25) is 24.7 Å². The molecule has 0 spiro atoms. The lowest BCUT2D eigenvalue weighted by molar-refractivity contribution is -0.119. The van der Waals surface area contributed by atoms with Crippen molar-refractivity contribution < 1.29 is 9.59 Å². The van der Waals surface area contributed by atoms with Gasteiger partial charge in [0.2, 0.25) is 5.91 Å². The summed E-state index contributed by atoms with van der Waals surface area (Å²) >= 11 is 0. The average molecular weight is 328 g/mol. The van der Waals surface area contributed by atoms with Crippen LogP contribution in [0.5, 0.6) is 0 Å². The SMILES string of the molecule is CC(=O)NCc1cncc([C@@H]2CCCN2C(=O)c2cn[nH]c2C)n1. The topological polar surface area (TPSA) is 104 Å². The summed E-state index contributed by atoms with van der Waals surface area (Å²) in [4.78, 5) is 34.4. The van der Waals surface area contributed by atoms with Gasteiger partial charge < -0.3 is 10.2 Å². The van der Waals surface area contributed by atoms with Crippen LogP contribution in [0.25, 0.3) is 0 Å². The number of carbonyl (C=O) groups is 2. The molecule has 0 saturated carbocycles. The van der Waals surface area contributed by atoms with E-state index in [1.165, 1.54) is 6.92 Å². The molecule has 0 aromatic carbocycles. The van der Waals surface area contributed by atoms with Crippen LogP contribution in [0, 0.1) is 6.92 Å². The van der Waals surface area contributed by atoms with E-state index in [-0.39, 0.29) is 17.9 Å². The second-order valence-electron chi connectivity index (χ2n) is 5.91. The molecule has 3 rings (SSSR count). The third-order valence-corrected chi connectivity index (χ3v) is 4.14. The van der Waals surface area contributed by atoms with Crippen molar-refractivity contribution in [1.29, 1.82) is 0 Å². The summed E-state index contributed by atoms with van der Waals surface area (Å²) in [5.74, 6) is -0.159. The molecule has 3 heterocycles. The summed E-state index contributed by atoms with van der Waals surface area (Å²) in [6.07, 6.45) is 6.65. The summed E-state index contributed by atoms with van der Waals surface area (Å²) in [7, 11) is 0. The molecule has 1 atom stereocenters. The lowest BCUT2D eigenvalue weighted by Crippen LogP contribution is -2.31. The molecular weight excluding hydrogens is 308 g/mol. The molecular formula is C16H20N6O2. The zero-order valence-corrected chi connectivity index (χ0v) is 13.7. The zero-order chi connectivity index (χ0) is 17.1. The van der Waals surface area contributed by atoms with Crippen molar-refractivity contribution in [2.75, 3.05) is 6.54 Å². The van der Waals surface area contributed by atoms with Crippen molar-refractivity contribution in [2.45, 2.75) is 39.3 Å². The summed E-state index contributed by atoms with van der Waals surface area (Å²) in [6, 6.07) is -0.100. The molecule has 0 aliphatic carbocycles. The second kappa shape index (κ2) is 6.77. The number of likely N-dealkylation sites (tertiary alicyclic amines) is 1. The van der Waals surface area contributed by atoms with Crippen LogP contribution in [0.3, 0.4) is 0 Å². The van der Waals surface area contributed by atoms with Crippen LogP contribution in [0.15, 0.2) is 18.6 Å². The van der Waals surface area contributed by atoms with E-state index in [1.807, 2.05) is 11.8 Å². The number of nitrogens with one attached hydrogen (secondary N) is 2. The third kappa shape index (κ3) is 3.27. The van der Waals surface area contributed by atoms with E-state index >= 15 is 0 Å². The first-order valence-corrected chi connectivity index (χ1v) is 7.92. The van der Waals surface area contributed by atoms with Gasteiger partial charge in [0.1, 0.15) is 0 Å². The molecule has 24 heavy (non-hydrogen) atoms. The van der Waals surface area contributed by atoms with Gasteiger partial charge in [-0.15, -0.1) is 0 Å². The number of hydrogen-bond acceptors (Lipinski definition) is 5. The van der Waals surface area contributed by atoms with Crippen molar-refractivity contribution in [1.82, 2.24) is 30.4 Å². The van der Waals surface area contributed by atoms with Crippen LogP contribution in [0.4, 0.5) is 0 Å². The fourth-order valence-electron chi connectivity index (χ4n) is 2.92. The van der Waals surface area contributed by atoms with Crippen LogP contribution < -0.4 is 5.32 Å². The van der Waals surface area contributed by atoms with Crippen molar-refractivity contribution >= 4 is 11.8 Å². The van der Waals surface area contributed by atoms with Gasteiger partial charge in [0, 0.05) is 19.2 Å². The maximum atomic E-state index is 12.8. The Kier molecular flexibility index (Phi) is 4.54. The summed E-state index contributed by atoms with van der Waals surface area (Å²) in [5, 5.41) is 9.43. The number of rotatable bonds is 4. The maximum Gasteiger partial charge on any atom is 0.257 e. The van der Waals surface area contributed by atoms with E-state index in [4.69, 9.17) is 0 Å². The minimum atomic E-state index is -0.115. The van der Waals surface area contributed by atoms with E-state index in [0.717, 1.165) is 24.2 Å². The van der Waals surface area contributed by atoms with Gasteiger partial charge in [-0.25, -0.2) is 0 Å². The molecule has 0 unspecified atom stereocenters. The van der Waals surface area contributed by atoms with Crippen molar-refractivity contribution in [2.24, 2.45) is 0 Å². The van der Waals surface area contributed by atoms with Gasteiger partial charge >= 0.3 is 0 Å².